The summed E-state index contributed by atoms with van der Waals surface area (Å²) >= 11 is 0. The Labute approximate surface area is 224 Å². The summed E-state index contributed by atoms with van der Waals surface area (Å²) in [6.07, 6.45) is -3.38. The maximum Gasteiger partial charge on any atom is 0.416 e. The highest BCUT2D eigenvalue weighted by Gasteiger charge is 2.60. The molecule has 2 amide bonds. The van der Waals surface area contributed by atoms with Crippen LogP contribution < -0.4 is 10.6 Å². The molecule has 11 heteroatoms. The van der Waals surface area contributed by atoms with Gasteiger partial charge in [-0.1, -0.05) is 19.9 Å². The number of hydrogen-bond donors (Lipinski definition) is 4. The van der Waals surface area contributed by atoms with Gasteiger partial charge in [-0.2, -0.15) is 13.2 Å². The van der Waals surface area contributed by atoms with Crippen LogP contribution in [0.3, 0.4) is 0 Å². The number of ether oxygens (including phenoxy) is 1. The Kier molecular flexibility index (Phi) is 8.32. The van der Waals surface area contributed by atoms with Gasteiger partial charge in [-0.3, -0.25) is 10.1 Å². The van der Waals surface area contributed by atoms with Crippen LogP contribution in [0.5, 0.6) is 0 Å². The third kappa shape index (κ3) is 6.09. The highest BCUT2D eigenvalue weighted by atomic mass is 19.4. The molecule has 2 aliphatic carbocycles. The molecule has 214 valence electrons. The van der Waals surface area contributed by atoms with Gasteiger partial charge >= 0.3 is 12.3 Å². The first kappa shape index (κ1) is 28.9. The molecule has 1 aromatic carbocycles. The van der Waals surface area contributed by atoms with E-state index in [2.05, 4.69) is 10.6 Å². The van der Waals surface area contributed by atoms with Gasteiger partial charge in [0.05, 0.1) is 31.1 Å². The highest BCUT2D eigenvalue weighted by molar-refractivity contribution is 5.84. The quantitative estimate of drug-likeness (QED) is 0.379. The lowest BCUT2D eigenvalue weighted by Gasteiger charge is -2.60. The van der Waals surface area contributed by atoms with Gasteiger partial charge < -0.3 is 24.7 Å². The number of nitrogens with one attached hydrogen (secondary N) is 2. The van der Waals surface area contributed by atoms with E-state index in [4.69, 9.17) is 9.15 Å². The first-order valence-corrected chi connectivity index (χ1v) is 13.1. The Morgan fingerprint density at radius 3 is 2.59 bits per heavy atom. The van der Waals surface area contributed by atoms with Crippen molar-refractivity contribution in [3.05, 3.63) is 54.0 Å². The predicted octanol–water partition coefficient (Wildman–Crippen LogP) is 5.11. The number of rotatable bonds is 7. The minimum atomic E-state index is -4.55. The molecule has 6 unspecified atom stereocenters. The summed E-state index contributed by atoms with van der Waals surface area (Å²) in [6, 6.07) is 7.75. The van der Waals surface area contributed by atoms with Crippen LogP contribution in [0.1, 0.15) is 57.3 Å². The molecule has 0 bridgehead atoms. The van der Waals surface area contributed by atoms with Crippen molar-refractivity contribution in [3.8, 4) is 0 Å². The number of carbonyl (C=O) groups is 2. The van der Waals surface area contributed by atoms with Crippen LogP contribution in [0.2, 0.25) is 0 Å². The molecule has 0 aliphatic heterocycles. The molecule has 2 fully saturated rings. The van der Waals surface area contributed by atoms with Crippen molar-refractivity contribution in [1.29, 1.82) is 0 Å². The number of anilines is 1. The average Bonchev–Trinajstić information content (AvgIpc) is 3.40. The van der Waals surface area contributed by atoms with E-state index in [-0.39, 0.29) is 43.0 Å². The molecular weight excluding hydrogens is 517 g/mol. The lowest BCUT2D eigenvalue weighted by atomic mass is 9.46. The number of benzene rings is 1. The van der Waals surface area contributed by atoms with Crippen LogP contribution in [0.25, 0.3) is 0 Å². The van der Waals surface area contributed by atoms with E-state index in [0.29, 0.717) is 31.4 Å². The second-order valence-corrected chi connectivity index (χ2v) is 11.2. The van der Waals surface area contributed by atoms with Crippen molar-refractivity contribution in [1.82, 2.24) is 5.32 Å². The monoisotopic (exact) mass is 552 g/mol. The summed E-state index contributed by atoms with van der Waals surface area (Å²) < 4.78 is 50.1. The minimum Gasteiger partial charge on any atom is -0.467 e. The van der Waals surface area contributed by atoms with E-state index in [1.165, 1.54) is 18.4 Å². The van der Waals surface area contributed by atoms with Gasteiger partial charge in [0.2, 0.25) is 5.91 Å². The number of carbonyl (C=O) groups excluding carboxylic acids is 2. The minimum absolute atomic E-state index is 0.0532. The Balaban J connectivity index is 1.45. The molecule has 4 rings (SSSR count). The Morgan fingerprint density at radius 2 is 1.92 bits per heavy atom. The maximum atomic E-state index is 13.0. The smallest absolute Gasteiger partial charge is 0.416 e. The fourth-order valence-electron chi connectivity index (χ4n) is 6.70. The van der Waals surface area contributed by atoms with Crippen molar-refractivity contribution in [2.75, 3.05) is 11.9 Å². The van der Waals surface area contributed by atoms with Crippen molar-refractivity contribution in [2.45, 2.75) is 70.9 Å². The topological polar surface area (TPSA) is 121 Å². The summed E-state index contributed by atoms with van der Waals surface area (Å²) in [5.41, 5.74) is -2.35. The molecule has 2 aromatic rings. The maximum absolute atomic E-state index is 13.0. The third-order valence-corrected chi connectivity index (χ3v) is 8.81. The van der Waals surface area contributed by atoms with Crippen molar-refractivity contribution in [2.24, 2.45) is 22.7 Å². The molecule has 0 saturated heterocycles. The molecule has 2 saturated carbocycles. The molecule has 39 heavy (non-hydrogen) atoms. The number of fused-ring (bicyclic) bond motifs is 1. The normalized spacial score (nSPS) is 30.7. The van der Waals surface area contributed by atoms with Gasteiger partial charge in [-0.25, -0.2) is 4.79 Å². The largest absolute Gasteiger partial charge is 0.467 e. The molecule has 2 aliphatic rings. The highest BCUT2D eigenvalue weighted by Crippen LogP contribution is 2.61. The van der Waals surface area contributed by atoms with Gasteiger partial charge in [0, 0.05) is 17.5 Å². The van der Waals surface area contributed by atoms with Gasteiger partial charge in [-0.15, -0.1) is 0 Å². The average molecular weight is 553 g/mol. The van der Waals surface area contributed by atoms with Gasteiger partial charge in [0.1, 0.15) is 11.9 Å². The zero-order valence-corrected chi connectivity index (χ0v) is 22.0. The van der Waals surface area contributed by atoms with Crippen LogP contribution in [0.15, 0.2) is 47.1 Å². The van der Waals surface area contributed by atoms with Crippen LogP contribution >= 0.6 is 0 Å². The second-order valence-electron chi connectivity index (χ2n) is 11.2. The van der Waals surface area contributed by atoms with E-state index < -0.39 is 40.9 Å². The van der Waals surface area contributed by atoms with Crippen molar-refractivity contribution >= 4 is 17.7 Å². The lowest BCUT2D eigenvalue weighted by Crippen LogP contribution is -2.61. The fraction of sp³-hybridized carbons (Fsp3) is 0.571. The summed E-state index contributed by atoms with van der Waals surface area (Å²) in [7, 11) is 0. The zero-order chi connectivity index (χ0) is 28.4. The number of amides is 2. The Hall–Kier alpha value is -3.05. The van der Waals surface area contributed by atoms with Crippen LogP contribution in [-0.4, -0.2) is 41.0 Å². The fourth-order valence-corrected chi connectivity index (χ4v) is 6.70. The standard InChI is InChI=1S/C28H35F3N2O6/c1-26-11-10-23(39-25(37)33-18-6-3-5-17(13-18)28(29,30)31)27(2,16-34)22(26)9-8-21(35)20(26)14-24(36)32-15-19-7-4-12-38-19/h3-7,12-13,20-23,34-35H,8-11,14-16H2,1-2H3,(H,32,36)(H,33,37). The van der Waals surface area contributed by atoms with Gasteiger partial charge in [-0.05, 0) is 73.3 Å². The number of aliphatic hydroxyl groups excluding tert-OH is 2. The van der Waals surface area contributed by atoms with Crippen LogP contribution in [-0.2, 0) is 22.3 Å². The number of furan rings is 1. The zero-order valence-electron chi connectivity index (χ0n) is 22.0. The van der Waals surface area contributed by atoms with Gasteiger partial charge in [0.25, 0.3) is 0 Å². The SMILES string of the molecule is CC1(CO)C(OC(=O)Nc2cccc(C(F)(F)F)c2)CCC2(C)C(CC(=O)NCc3ccco3)C(O)CCC12. The number of aliphatic hydroxyl groups is 2. The molecule has 4 N–H and O–H groups in total. The van der Waals surface area contributed by atoms with E-state index in [1.54, 1.807) is 12.1 Å². The van der Waals surface area contributed by atoms with E-state index in [1.807, 2.05) is 13.8 Å². The summed E-state index contributed by atoms with van der Waals surface area (Å²) in [5, 5.41) is 26.7. The number of halogens is 3. The molecule has 6 atom stereocenters. The van der Waals surface area contributed by atoms with E-state index >= 15 is 0 Å². The van der Waals surface area contributed by atoms with Crippen molar-refractivity contribution in [3.63, 3.8) is 0 Å². The summed E-state index contributed by atoms with van der Waals surface area (Å²) in [5.74, 6) is -0.160. The molecular formula is C28H35F3N2O6. The summed E-state index contributed by atoms with van der Waals surface area (Å²) in [6.45, 7) is 3.77. The first-order chi connectivity index (χ1) is 18.4. The van der Waals surface area contributed by atoms with Crippen LogP contribution in [0, 0.1) is 22.7 Å². The van der Waals surface area contributed by atoms with Crippen LogP contribution in [0.4, 0.5) is 23.7 Å². The molecule has 8 nitrogen and oxygen atoms in total. The molecule has 1 heterocycles. The second kappa shape index (κ2) is 11.2. The summed E-state index contributed by atoms with van der Waals surface area (Å²) in [4.78, 5) is 25.5. The Bertz CT molecular complexity index is 1160. The predicted molar refractivity (Wildman–Crippen MR) is 135 cm³/mol. The molecule has 1 aromatic heterocycles. The van der Waals surface area contributed by atoms with Crippen molar-refractivity contribution < 1.29 is 42.1 Å². The number of alkyl halides is 3. The molecule has 0 radical (unpaired) electrons. The number of hydrogen-bond acceptors (Lipinski definition) is 6. The first-order valence-electron chi connectivity index (χ1n) is 13.1. The third-order valence-electron chi connectivity index (χ3n) is 8.81. The molecule has 0 spiro atoms. The van der Waals surface area contributed by atoms with E-state index in [0.717, 1.165) is 12.1 Å². The Morgan fingerprint density at radius 1 is 1.15 bits per heavy atom. The lowest BCUT2D eigenvalue weighted by molar-refractivity contribution is -0.185. The van der Waals surface area contributed by atoms with Gasteiger partial charge in [0.15, 0.2) is 0 Å². The van der Waals surface area contributed by atoms with E-state index in [9.17, 15) is 33.0 Å².